The van der Waals surface area contributed by atoms with Crippen molar-refractivity contribution in [3.63, 3.8) is 0 Å². The molecule has 2 rings (SSSR count). The number of carbonyl (C=O) groups excluding carboxylic acids is 1. The number of halogens is 2. The zero-order valence-corrected chi connectivity index (χ0v) is 15.4. The van der Waals surface area contributed by atoms with Gasteiger partial charge in [0.15, 0.2) is 0 Å². The van der Waals surface area contributed by atoms with E-state index in [2.05, 4.69) is 43.8 Å². The van der Waals surface area contributed by atoms with E-state index in [9.17, 15) is 4.79 Å². The summed E-state index contributed by atoms with van der Waals surface area (Å²) in [5, 5.41) is 3.04. The van der Waals surface area contributed by atoms with Gasteiger partial charge in [-0.25, -0.2) is 0 Å². The van der Waals surface area contributed by atoms with Gasteiger partial charge in [-0.15, -0.1) is 6.58 Å². The molecule has 0 aliphatic rings. The van der Waals surface area contributed by atoms with E-state index in [4.69, 9.17) is 0 Å². The summed E-state index contributed by atoms with van der Waals surface area (Å²) in [6.45, 7) is 5.49. The molecular formula is C18H17Br2NO. The summed E-state index contributed by atoms with van der Waals surface area (Å²) in [4.78, 5) is 11.6. The van der Waals surface area contributed by atoms with Crippen LogP contribution in [0.4, 0.5) is 0 Å². The highest BCUT2D eigenvalue weighted by molar-refractivity contribution is 9.10. The Kier molecular flexibility index (Phi) is 5.98. The molecule has 0 aliphatic carbocycles. The molecule has 1 N–H and O–H groups in total. The van der Waals surface area contributed by atoms with Crippen LogP contribution in [-0.4, -0.2) is 5.91 Å². The van der Waals surface area contributed by atoms with Gasteiger partial charge >= 0.3 is 0 Å². The van der Waals surface area contributed by atoms with Crippen LogP contribution in [0.15, 0.2) is 70.1 Å². The highest BCUT2D eigenvalue weighted by atomic mass is 79.9. The van der Waals surface area contributed by atoms with Crippen molar-refractivity contribution in [2.45, 2.75) is 18.9 Å². The van der Waals surface area contributed by atoms with Crippen molar-refractivity contribution >= 4 is 37.8 Å². The van der Waals surface area contributed by atoms with Crippen molar-refractivity contribution in [3.8, 4) is 0 Å². The standard InChI is InChI=1S/C18H17Br2NO/c1-3-17(13-4-8-15(19)9-5-13)18(21-12(2)22)14-6-10-16(20)11-7-14/h3-11,17-18H,1H2,2H3,(H,21,22)/t17-,18+/m1/s1. The minimum absolute atomic E-state index is 0.00169. The lowest BCUT2D eigenvalue weighted by molar-refractivity contribution is -0.119. The van der Waals surface area contributed by atoms with Gasteiger partial charge in [0, 0.05) is 21.8 Å². The van der Waals surface area contributed by atoms with Gasteiger partial charge in [0.25, 0.3) is 0 Å². The van der Waals surface area contributed by atoms with E-state index in [1.54, 1.807) is 0 Å². The Morgan fingerprint density at radius 3 is 1.86 bits per heavy atom. The monoisotopic (exact) mass is 421 g/mol. The largest absolute Gasteiger partial charge is 0.349 e. The second-order valence-corrected chi connectivity index (χ2v) is 6.87. The van der Waals surface area contributed by atoms with Crippen LogP contribution >= 0.6 is 31.9 Å². The average molecular weight is 423 g/mol. The van der Waals surface area contributed by atoms with E-state index >= 15 is 0 Å². The first-order valence-corrected chi connectivity index (χ1v) is 8.50. The van der Waals surface area contributed by atoms with E-state index in [1.807, 2.05) is 54.6 Å². The number of nitrogens with one attached hydrogen (secondary N) is 1. The molecule has 22 heavy (non-hydrogen) atoms. The lowest BCUT2D eigenvalue weighted by atomic mass is 9.87. The second-order valence-electron chi connectivity index (χ2n) is 5.04. The molecule has 114 valence electrons. The number of benzene rings is 2. The van der Waals surface area contributed by atoms with Crippen LogP contribution in [0.5, 0.6) is 0 Å². The summed E-state index contributed by atoms with van der Waals surface area (Å²) in [5.74, 6) is -0.0601. The molecule has 0 bridgehead atoms. The quantitative estimate of drug-likeness (QED) is 0.645. The SMILES string of the molecule is C=C[C@H](c1ccc(Br)cc1)[C@@H](NC(C)=O)c1ccc(Br)cc1. The van der Waals surface area contributed by atoms with Crippen LogP contribution in [0.2, 0.25) is 0 Å². The van der Waals surface area contributed by atoms with Crippen LogP contribution in [0, 0.1) is 0 Å². The maximum absolute atomic E-state index is 11.6. The minimum Gasteiger partial charge on any atom is -0.349 e. The molecule has 0 spiro atoms. The number of carbonyl (C=O) groups is 1. The third-order valence-electron chi connectivity index (χ3n) is 3.46. The third-order valence-corrected chi connectivity index (χ3v) is 4.51. The highest BCUT2D eigenvalue weighted by Crippen LogP contribution is 2.33. The van der Waals surface area contributed by atoms with E-state index in [0.717, 1.165) is 20.1 Å². The molecule has 0 saturated carbocycles. The summed E-state index contributed by atoms with van der Waals surface area (Å²) in [5.41, 5.74) is 2.16. The molecule has 2 aromatic carbocycles. The van der Waals surface area contributed by atoms with Gasteiger partial charge in [0.1, 0.15) is 0 Å². The Bertz CT molecular complexity index is 650. The van der Waals surface area contributed by atoms with Crippen LogP contribution in [-0.2, 0) is 4.79 Å². The number of amides is 1. The lowest BCUT2D eigenvalue weighted by Gasteiger charge is -2.26. The zero-order valence-electron chi connectivity index (χ0n) is 12.2. The summed E-state index contributed by atoms with van der Waals surface area (Å²) in [6, 6.07) is 15.9. The first kappa shape index (κ1) is 17.0. The average Bonchev–Trinajstić information content (AvgIpc) is 2.49. The molecule has 0 unspecified atom stereocenters. The first-order chi connectivity index (χ1) is 10.5. The first-order valence-electron chi connectivity index (χ1n) is 6.92. The Labute approximate surface area is 147 Å². The molecule has 1 amide bonds. The predicted octanol–water partition coefficient (Wildman–Crippen LogP) is 5.36. The maximum Gasteiger partial charge on any atom is 0.217 e. The smallest absolute Gasteiger partial charge is 0.217 e. The molecule has 2 atom stereocenters. The van der Waals surface area contributed by atoms with Gasteiger partial charge < -0.3 is 5.32 Å². The Morgan fingerprint density at radius 2 is 1.45 bits per heavy atom. The fourth-order valence-electron chi connectivity index (χ4n) is 2.42. The molecule has 0 aliphatic heterocycles. The summed E-state index contributed by atoms with van der Waals surface area (Å²) in [7, 11) is 0. The van der Waals surface area contributed by atoms with E-state index < -0.39 is 0 Å². The molecule has 0 heterocycles. The van der Waals surface area contributed by atoms with E-state index in [0.29, 0.717) is 0 Å². The van der Waals surface area contributed by atoms with Crippen molar-refractivity contribution in [1.29, 1.82) is 0 Å². The molecule has 0 aromatic heterocycles. The van der Waals surface area contributed by atoms with Gasteiger partial charge in [-0.05, 0) is 35.4 Å². The van der Waals surface area contributed by atoms with Gasteiger partial charge in [-0.3, -0.25) is 4.79 Å². The minimum atomic E-state index is -0.149. The van der Waals surface area contributed by atoms with E-state index in [1.165, 1.54) is 6.92 Å². The Morgan fingerprint density at radius 1 is 1.00 bits per heavy atom. The van der Waals surface area contributed by atoms with Crippen molar-refractivity contribution in [1.82, 2.24) is 5.32 Å². The maximum atomic E-state index is 11.6. The zero-order chi connectivity index (χ0) is 16.1. The fourth-order valence-corrected chi connectivity index (χ4v) is 2.95. The van der Waals surface area contributed by atoms with Gasteiger partial charge in [-0.2, -0.15) is 0 Å². The van der Waals surface area contributed by atoms with Crippen LogP contribution < -0.4 is 5.32 Å². The Hall–Kier alpha value is -1.39. The van der Waals surface area contributed by atoms with Crippen LogP contribution in [0.3, 0.4) is 0 Å². The predicted molar refractivity (Wildman–Crippen MR) is 97.8 cm³/mol. The number of hydrogen-bond donors (Lipinski definition) is 1. The molecular weight excluding hydrogens is 406 g/mol. The van der Waals surface area contributed by atoms with Crippen LogP contribution in [0.25, 0.3) is 0 Å². The number of hydrogen-bond acceptors (Lipinski definition) is 1. The van der Waals surface area contributed by atoms with Crippen LogP contribution in [0.1, 0.15) is 30.0 Å². The Balaban J connectivity index is 2.41. The summed E-state index contributed by atoms with van der Waals surface area (Å²) in [6.07, 6.45) is 1.88. The topological polar surface area (TPSA) is 29.1 Å². The van der Waals surface area contributed by atoms with Gasteiger partial charge in [-0.1, -0.05) is 62.2 Å². The number of rotatable bonds is 5. The summed E-state index contributed by atoms with van der Waals surface area (Å²) < 4.78 is 2.04. The second kappa shape index (κ2) is 7.75. The van der Waals surface area contributed by atoms with Crippen molar-refractivity contribution in [3.05, 3.63) is 81.3 Å². The van der Waals surface area contributed by atoms with Crippen molar-refractivity contribution in [2.75, 3.05) is 0 Å². The molecule has 0 fully saturated rings. The fraction of sp³-hybridized carbons (Fsp3) is 0.167. The normalized spacial score (nSPS) is 13.2. The van der Waals surface area contributed by atoms with Gasteiger partial charge in [0.2, 0.25) is 5.91 Å². The van der Waals surface area contributed by atoms with E-state index in [-0.39, 0.29) is 17.9 Å². The van der Waals surface area contributed by atoms with Gasteiger partial charge in [0.05, 0.1) is 6.04 Å². The molecule has 2 nitrogen and oxygen atoms in total. The van der Waals surface area contributed by atoms with Crippen molar-refractivity contribution in [2.24, 2.45) is 0 Å². The molecule has 0 radical (unpaired) electrons. The summed E-state index contributed by atoms with van der Waals surface area (Å²) >= 11 is 6.89. The molecule has 0 saturated heterocycles. The lowest BCUT2D eigenvalue weighted by Crippen LogP contribution is -2.30. The highest BCUT2D eigenvalue weighted by Gasteiger charge is 2.23. The molecule has 2 aromatic rings. The van der Waals surface area contributed by atoms with Crippen molar-refractivity contribution < 1.29 is 4.79 Å². The third kappa shape index (κ3) is 4.31. The molecule has 4 heteroatoms.